The lowest BCUT2D eigenvalue weighted by molar-refractivity contribution is 0.0969. The zero-order valence-electron chi connectivity index (χ0n) is 18.0. The molecule has 5 nitrogen and oxygen atoms in total. The Morgan fingerprint density at radius 1 is 1.07 bits per heavy atom. The summed E-state index contributed by atoms with van der Waals surface area (Å²) in [6.45, 7) is 7.15. The number of hydrogen-bond donors (Lipinski definition) is 0. The molecule has 0 radical (unpaired) electrons. The molecule has 0 amide bonds. The van der Waals surface area contributed by atoms with Gasteiger partial charge in [0.25, 0.3) is 6.01 Å². The highest BCUT2D eigenvalue weighted by Gasteiger charge is 2.25. The van der Waals surface area contributed by atoms with Gasteiger partial charge in [0, 0.05) is 31.1 Å². The van der Waals surface area contributed by atoms with Crippen LogP contribution in [0.3, 0.4) is 0 Å². The van der Waals surface area contributed by atoms with E-state index < -0.39 is 0 Å². The first-order valence-corrected chi connectivity index (χ1v) is 11.1. The van der Waals surface area contributed by atoms with Crippen molar-refractivity contribution >= 4 is 16.8 Å². The minimum Gasteiger partial charge on any atom is -0.462 e. The Labute approximate surface area is 178 Å². The van der Waals surface area contributed by atoms with E-state index in [9.17, 15) is 4.79 Å². The van der Waals surface area contributed by atoms with Gasteiger partial charge in [0.2, 0.25) is 0 Å². The van der Waals surface area contributed by atoms with Crippen LogP contribution in [0.15, 0.2) is 54.6 Å². The lowest BCUT2D eigenvalue weighted by Crippen LogP contribution is -2.35. The van der Waals surface area contributed by atoms with Gasteiger partial charge in [-0.25, -0.2) is 0 Å². The van der Waals surface area contributed by atoms with Crippen LogP contribution in [0.5, 0.6) is 6.01 Å². The summed E-state index contributed by atoms with van der Waals surface area (Å²) in [6, 6.07) is 19.0. The summed E-state index contributed by atoms with van der Waals surface area (Å²) >= 11 is 0. The van der Waals surface area contributed by atoms with Crippen LogP contribution in [0.25, 0.3) is 11.0 Å². The highest BCUT2D eigenvalue weighted by Crippen LogP contribution is 2.32. The lowest BCUT2D eigenvalue weighted by atomic mass is 10.0. The molecule has 1 fully saturated rings. The molecule has 0 aliphatic carbocycles. The highest BCUT2D eigenvalue weighted by atomic mass is 16.5. The molecule has 30 heavy (non-hydrogen) atoms. The Hall–Kier alpha value is -2.66. The van der Waals surface area contributed by atoms with E-state index >= 15 is 0 Å². The molecule has 4 rings (SSSR count). The Bertz CT molecular complexity index is 972. The molecule has 0 bridgehead atoms. The smallest absolute Gasteiger partial charge is 0.297 e. The van der Waals surface area contributed by atoms with Gasteiger partial charge >= 0.3 is 0 Å². The average molecular weight is 406 g/mol. The van der Waals surface area contributed by atoms with Crippen molar-refractivity contribution in [2.24, 2.45) is 0 Å². The monoisotopic (exact) mass is 405 g/mol. The molecule has 3 aromatic rings. The van der Waals surface area contributed by atoms with E-state index in [-0.39, 0.29) is 11.9 Å². The SMILES string of the molecule is CC(C)Oc1nc2ccccc2n1C1CCN(CCCC(=O)c2ccccc2)CC1. The molecule has 0 N–H and O–H groups in total. The fourth-order valence-corrected chi connectivity index (χ4v) is 4.30. The minimum atomic E-state index is 0.0998. The maximum absolute atomic E-state index is 12.3. The largest absolute Gasteiger partial charge is 0.462 e. The summed E-state index contributed by atoms with van der Waals surface area (Å²) in [7, 11) is 0. The number of ketones is 1. The van der Waals surface area contributed by atoms with Crippen LogP contribution in [0.1, 0.15) is 55.9 Å². The van der Waals surface area contributed by atoms with Crippen molar-refractivity contribution in [3.05, 3.63) is 60.2 Å². The van der Waals surface area contributed by atoms with Gasteiger partial charge in [0.05, 0.1) is 17.1 Å². The maximum Gasteiger partial charge on any atom is 0.297 e. The number of para-hydroxylation sites is 2. The Balaban J connectivity index is 1.34. The number of rotatable bonds is 8. The summed E-state index contributed by atoms with van der Waals surface area (Å²) in [4.78, 5) is 19.5. The molecule has 1 aliphatic rings. The molecule has 0 saturated carbocycles. The molecule has 1 aliphatic heterocycles. The molecular weight excluding hydrogens is 374 g/mol. The predicted octanol–water partition coefficient (Wildman–Crippen LogP) is 5.12. The van der Waals surface area contributed by atoms with Crippen molar-refractivity contribution in [3.63, 3.8) is 0 Å². The van der Waals surface area contributed by atoms with Crippen LogP contribution in [-0.2, 0) is 0 Å². The number of likely N-dealkylation sites (tertiary alicyclic amines) is 1. The van der Waals surface area contributed by atoms with Crippen LogP contribution in [0.4, 0.5) is 0 Å². The van der Waals surface area contributed by atoms with E-state index in [0.717, 1.165) is 61.5 Å². The first kappa shape index (κ1) is 20.6. The number of piperidine rings is 1. The molecule has 0 spiro atoms. The van der Waals surface area contributed by atoms with Crippen molar-refractivity contribution in [1.29, 1.82) is 0 Å². The molecule has 1 saturated heterocycles. The molecule has 2 heterocycles. The first-order valence-electron chi connectivity index (χ1n) is 11.1. The second-order valence-corrected chi connectivity index (χ2v) is 8.39. The minimum absolute atomic E-state index is 0.0998. The normalized spacial score (nSPS) is 15.7. The summed E-state index contributed by atoms with van der Waals surface area (Å²) in [5, 5.41) is 0. The third kappa shape index (κ3) is 4.73. The van der Waals surface area contributed by atoms with Crippen LogP contribution in [0, 0.1) is 0 Å². The molecule has 2 aromatic carbocycles. The van der Waals surface area contributed by atoms with E-state index in [0.29, 0.717) is 12.5 Å². The van der Waals surface area contributed by atoms with E-state index in [1.54, 1.807) is 0 Å². The Morgan fingerprint density at radius 3 is 2.50 bits per heavy atom. The highest BCUT2D eigenvalue weighted by molar-refractivity contribution is 5.95. The average Bonchev–Trinajstić information content (AvgIpc) is 3.12. The molecule has 5 heteroatoms. The van der Waals surface area contributed by atoms with E-state index in [4.69, 9.17) is 9.72 Å². The van der Waals surface area contributed by atoms with Crippen LogP contribution in [-0.4, -0.2) is 46.0 Å². The van der Waals surface area contributed by atoms with Gasteiger partial charge in [-0.1, -0.05) is 42.5 Å². The predicted molar refractivity (Wildman–Crippen MR) is 120 cm³/mol. The number of nitrogens with zero attached hydrogens (tertiary/aromatic N) is 3. The summed E-state index contributed by atoms with van der Waals surface area (Å²) in [6.07, 6.45) is 3.77. The number of fused-ring (bicyclic) bond motifs is 1. The number of imidazole rings is 1. The zero-order chi connectivity index (χ0) is 20.9. The molecular formula is C25H31N3O2. The van der Waals surface area contributed by atoms with E-state index in [1.807, 2.05) is 50.2 Å². The fraction of sp³-hybridized carbons (Fsp3) is 0.440. The zero-order valence-corrected chi connectivity index (χ0v) is 18.0. The van der Waals surface area contributed by atoms with E-state index in [1.165, 1.54) is 0 Å². The summed E-state index contributed by atoms with van der Waals surface area (Å²) < 4.78 is 8.34. The van der Waals surface area contributed by atoms with Crippen molar-refractivity contribution in [3.8, 4) is 6.01 Å². The van der Waals surface area contributed by atoms with Crippen LogP contribution >= 0.6 is 0 Å². The Kier molecular flexibility index (Phi) is 6.48. The summed E-state index contributed by atoms with van der Waals surface area (Å²) in [5.74, 6) is 0.242. The maximum atomic E-state index is 12.3. The van der Waals surface area contributed by atoms with Gasteiger partial charge < -0.3 is 9.64 Å². The quantitative estimate of drug-likeness (QED) is 0.488. The second-order valence-electron chi connectivity index (χ2n) is 8.39. The van der Waals surface area contributed by atoms with Gasteiger partial charge in [-0.2, -0.15) is 4.98 Å². The van der Waals surface area contributed by atoms with E-state index in [2.05, 4.69) is 27.7 Å². The van der Waals surface area contributed by atoms with Gasteiger partial charge in [0.1, 0.15) is 0 Å². The van der Waals surface area contributed by atoms with Crippen LogP contribution in [0.2, 0.25) is 0 Å². The van der Waals surface area contributed by atoms with Gasteiger partial charge in [-0.15, -0.1) is 0 Å². The standard InChI is InChI=1S/C25H31N3O2/c1-19(2)30-25-26-22-11-6-7-12-23(22)28(25)21-14-17-27(18-15-21)16-8-13-24(29)20-9-4-3-5-10-20/h3-7,9-12,19,21H,8,13-18H2,1-2H3. The number of hydrogen-bond acceptors (Lipinski definition) is 4. The summed E-state index contributed by atoms with van der Waals surface area (Å²) in [5.41, 5.74) is 2.97. The number of ether oxygens (including phenoxy) is 1. The van der Waals surface area contributed by atoms with Gasteiger partial charge in [0.15, 0.2) is 5.78 Å². The van der Waals surface area contributed by atoms with Gasteiger partial charge in [-0.3, -0.25) is 9.36 Å². The number of carbonyl (C=O) groups excluding carboxylic acids is 1. The Morgan fingerprint density at radius 2 is 1.77 bits per heavy atom. The molecule has 0 atom stereocenters. The third-order valence-corrected chi connectivity index (χ3v) is 5.80. The van der Waals surface area contributed by atoms with Crippen LogP contribution < -0.4 is 4.74 Å². The van der Waals surface area contributed by atoms with Gasteiger partial charge in [-0.05, 0) is 51.8 Å². The van der Waals surface area contributed by atoms with Crippen molar-refractivity contribution in [2.75, 3.05) is 19.6 Å². The lowest BCUT2D eigenvalue weighted by Gasteiger charge is -2.33. The second kappa shape index (κ2) is 9.43. The topological polar surface area (TPSA) is 47.4 Å². The van der Waals surface area contributed by atoms with Crippen molar-refractivity contribution in [2.45, 2.75) is 51.7 Å². The number of aromatic nitrogens is 2. The number of benzene rings is 2. The van der Waals surface area contributed by atoms with Crippen molar-refractivity contribution in [1.82, 2.24) is 14.5 Å². The number of Topliss-reactive ketones (excluding diaryl/α,β-unsaturated/α-hetero) is 1. The molecule has 0 unspecified atom stereocenters. The number of carbonyl (C=O) groups is 1. The molecule has 158 valence electrons. The fourth-order valence-electron chi connectivity index (χ4n) is 4.30. The first-order chi connectivity index (χ1) is 14.6. The van der Waals surface area contributed by atoms with Crippen molar-refractivity contribution < 1.29 is 9.53 Å². The third-order valence-electron chi connectivity index (χ3n) is 5.80. The molecule has 1 aromatic heterocycles.